The maximum Gasteiger partial charge on any atom is 0.407 e. The third-order valence-electron chi connectivity index (χ3n) is 3.72. The molecule has 1 aromatic heterocycles. The molecule has 0 spiro atoms. The minimum atomic E-state index is -0.488. The number of hydrogen-bond donors (Lipinski definition) is 2. The van der Waals surface area contributed by atoms with Crippen LogP contribution in [0.25, 0.3) is 5.69 Å². The lowest BCUT2D eigenvalue weighted by Crippen LogP contribution is -2.35. The first kappa shape index (κ1) is 18.9. The van der Waals surface area contributed by atoms with Gasteiger partial charge in [-0.05, 0) is 51.1 Å². The van der Waals surface area contributed by atoms with E-state index in [9.17, 15) is 9.59 Å². The number of halogens is 1. The Balaban J connectivity index is 2.02. The number of hydrogen-bond acceptors (Lipinski definition) is 3. The minimum Gasteiger partial charge on any atom is -0.450 e. The van der Waals surface area contributed by atoms with E-state index in [2.05, 4.69) is 10.6 Å². The van der Waals surface area contributed by atoms with Crippen LogP contribution in [0.15, 0.2) is 30.3 Å². The van der Waals surface area contributed by atoms with Crippen LogP contribution in [0.4, 0.5) is 4.79 Å². The smallest absolute Gasteiger partial charge is 0.407 e. The van der Waals surface area contributed by atoms with E-state index in [-0.39, 0.29) is 5.91 Å². The molecule has 2 rings (SSSR count). The predicted molar refractivity (Wildman–Crippen MR) is 97.6 cm³/mol. The number of amides is 2. The Kier molecular flexibility index (Phi) is 6.47. The highest BCUT2D eigenvalue weighted by Crippen LogP contribution is 2.22. The molecular weight excluding hydrogens is 342 g/mol. The molecule has 0 unspecified atom stereocenters. The number of rotatable bonds is 6. The fraction of sp³-hybridized carbons (Fsp3) is 0.333. The molecule has 0 aliphatic rings. The molecule has 0 bridgehead atoms. The maximum atomic E-state index is 12.4. The van der Waals surface area contributed by atoms with E-state index in [1.54, 1.807) is 6.92 Å². The van der Waals surface area contributed by atoms with Crippen molar-refractivity contribution >= 4 is 23.6 Å². The lowest BCUT2D eigenvalue weighted by atomic mass is 10.2. The van der Waals surface area contributed by atoms with Crippen molar-refractivity contribution in [2.24, 2.45) is 0 Å². The zero-order valence-electron chi connectivity index (χ0n) is 14.6. The molecule has 0 saturated carbocycles. The van der Waals surface area contributed by atoms with E-state index in [4.69, 9.17) is 16.3 Å². The van der Waals surface area contributed by atoms with Gasteiger partial charge in [-0.25, -0.2) is 4.79 Å². The van der Waals surface area contributed by atoms with Crippen molar-refractivity contribution in [3.05, 3.63) is 52.3 Å². The molecule has 2 N–H and O–H groups in total. The number of benzene rings is 1. The summed E-state index contributed by atoms with van der Waals surface area (Å²) in [5.74, 6) is -0.182. The van der Waals surface area contributed by atoms with E-state index in [1.165, 1.54) is 0 Å². The number of nitrogens with zero attached hydrogens (tertiary/aromatic N) is 1. The fourth-order valence-electron chi connectivity index (χ4n) is 2.60. The molecule has 0 fully saturated rings. The molecule has 2 amide bonds. The van der Waals surface area contributed by atoms with Gasteiger partial charge in [0.1, 0.15) is 0 Å². The van der Waals surface area contributed by atoms with Crippen LogP contribution >= 0.6 is 11.6 Å². The Morgan fingerprint density at radius 1 is 1.12 bits per heavy atom. The standard InChI is InChI=1S/C18H22ClN3O3/c1-4-25-18(24)21-10-9-20-17(23)16-11-12(2)22(13(16)3)15-7-5-14(19)6-8-15/h5-8,11H,4,9-10H2,1-3H3,(H,20,23)(H,21,24). The van der Waals surface area contributed by atoms with Gasteiger partial charge in [-0.2, -0.15) is 0 Å². The SMILES string of the molecule is CCOC(=O)NCCNC(=O)c1cc(C)n(-c2ccc(Cl)cc2)c1C. The lowest BCUT2D eigenvalue weighted by Gasteiger charge is -2.10. The number of nitrogens with one attached hydrogen (secondary N) is 2. The number of carbonyl (C=O) groups is 2. The van der Waals surface area contributed by atoms with E-state index in [0.717, 1.165) is 17.1 Å². The highest BCUT2D eigenvalue weighted by molar-refractivity contribution is 6.30. The van der Waals surface area contributed by atoms with Crippen molar-refractivity contribution in [3.8, 4) is 5.69 Å². The average Bonchev–Trinajstić information content (AvgIpc) is 2.87. The number of carbonyl (C=O) groups excluding carboxylic acids is 2. The lowest BCUT2D eigenvalue weighted by molar-refractivity contribution is 0.0951. The molecule has 6 nitrogen and oxygen atoms in total. The molecular formula is C18H22ClN3O3. The largest absolute Gasteiger partial charge is 0.450 e. The van der Waals surface area contributed by atoms with Gasteiger partial charge in [-0.1, -0.05) is 11.6 Å². The van der Waals surface area contributed by atoms with E-state index in [0.29, 0.717) is 30.3 Å². The van der Waals surface area contributed by atoms with Gasteiger partial charge in [-0.15, -0.1) is 0 Å². The van der Waals surface area contributed by atoms with Crippen molar-refractivity contribution in [3.63, 3.8) is 0 Å². The molecule has 0 aliphatic carbocycles. The molecule has 25 heavy (non-hydrogen) atoms. The van der Waals surface area contributed by atoms with Crippen molar-refractivity contribution in [2.75, 3.05) is 19.7 Å². The molecule has 1 heterocycles. The molecule has 1 aromatic carbocycles. The number of aryl methyl sites for hydroxylation is 1. The summed E-state index contributed by atoms with van der Waals surface area (Å²) in [5, 5.41) is 6.02. The Labute approximate surface area is 152 Å². The summed E-state index contributed by atoms with van der Waals surface area (Å²) < 4.78 is 6.76. The zero-order valence-corrected chi connectivity index (χ0v) is 15.3. The van der Waals surface area contributed by atoms with E-state index in [1.807, 2.05) is 48.7 Å². The van der Waals surface area contributed by atoms with Gasteiger partial charge in [0.2, 0.25) is 0 Å². The summed E-state index contributed by atoms with van der Waals surface area (Å²) in [6.07, 6.45) is -0.488. The summed E-state index contributed by atoms with van der Waals surface area (Å²) >= 11 is 5.94. The first-order valence-electron chi connectivity index (χ1n) is 8.07. The molecule has 134 valence electrons. The second kappa shape index (κ2) is 8.58. The first-order chi connectivity index (χ1) is 11.9. The Morgan fingerprint density at radius 3 is 2.40 bits per heavy atom. The van der Waals surface area contributed by atoms with Crippen molar-refractivity contribution < 1.29 is 14.3 Å². The second-order valence-electron chi connectivity index (χ2n) is 5.50. The highest BCUT2D eigenvalue weighted by atomic mass is 35.5. The van der Waals surface area contributed by atoms with Gasteiger partial charge >= 0.3 is 6.09 Å². The van der Waals surface area contributed by atoms with Gasteiger partial charge in [0.25, 0.3) is 5.91 Å². The molecule has 0 radical (unpaired) electrons. The number of alkyl carbamates (subject to hydrolysis) is 1. The summed E-state index contributed by atoms with van der Waals surface area (Å²) in [4.78, 5) is 23.6. The van der Waals surface area contributed by atoms with Crippen LogP contribution in [0, 0.1) is 13.8 Å². The topological polar surface area (TPSA) is 72.4 Å². The summed E-state index contributed by atoms with van der Waals surface area (Å²) in [7, 11) is 0. The van der Waals surface area contributed by atoms with E-state index < -0.39 is 6.09 Å². The summed E-state index contributed by atoms with van der Waals surface area (Å²) in [6.45, 7) is 6.52. The Bertz CT molecular complexity index is 754. The third kappa shape index (κ3) is 4.76. The minimum absolute atomic E-state index is 0.182. The van der Waals surface area contributed by atoms with Crippen LogP contribution in [0.1, 0.15) is 28.7 Å². The summed E-state index contributed by atoms with van der Waals surface area (Å²) in [6, 6.07) is 9.30. The Morgan fingerprint density at radius 2 is 1.76 bits per heavy atom. The van der Waals surface area contributed by atoms with Crippen LogP contribution in [0.2, 0.25) is 5.02 Å². The fourth-order valence-corrected chi connectivity index (χ4v) is 2.72. The van der Waals surface area contributed by atoms with Crippen LogP contribution in [0.5, 0.6) is 0 Å². The van der Waals surface area contributed by atoms with Crippen LogP contribution in [-0.4, -0.2) is 36.3 Å². The molecule has 0 aliphatic heterocycles. The van der Waals surface area contributed by atoms with Gasteiger partial charge < -0.3 is 19.9 Å². The van der Waals surface area contributed by atoms with Gasteiger partial charge in [0.05, 0.1) is 12.2 Å². The Hall–Kier alpha value is -2.47. The van der Waals surface area contributed by atoms with Crippen LogP contribution in [-0.2, 0) is 4.74 Å². The second-order valence-corrected chi connectivity index (χ2v) is 5.94. The monoisotopic (exact) mass is 363 g/mol. The third-order valence-corrected chi connectivity index (χ3v) is 3.97. The van der Waals surface area contributed by atoms with Crippen molar-refractivity contribution in [1.82, 2.24) is 15.2 Å². The van der Waals surface area contributed by atoms with Gasteiger partial charge in [-0.3, -0.25) is 4.79 Å². The van der Waals surface area contributed by atoms with Crippen molar-refractivity contribution in [1.29, 1.82) is 0 Å². The van der Waals surface area contributed by atoms with Gasteiger partial charge in [0.15, 0.2) is 0 Å². The highest BCUT2D eigenvalue weighted by Gasteiger charge is 2.16. The predicted octanol–water partition coefficient (Wildman–Crippen LogP) is 3.22. The molecule has 2 aromatic rings. The number of ether oxygens (including phenoxy) is 1. The normalized spacial score (nSPS) is 10.4. The molecule has 7 heteroatoms. The zero-order chi connectivity index (χ0) is 18.4. The van der Waals surface area contributed by atoms with Crippen LogP contribution < -0.4 is 10.6 Å². The van der Waals surface area contributed by atoms with E-state index >= 15 is 0 Å². The molecule has 0 atom stereocenters. The van der Waals surface area contributed by atoms with Crippen molar-refractivity contribution in [2.45, 2.75) is 20.8 Å². The number of aromatic nitrogens is 1. The van der Waals surface area contributed by atoms with Gasteiger partial charge in [0, 0.05) is 35.2 Å². The maximum absolute atomic E-state index is 12.4. The quantitative estimate of drug-likeness (QED) is 0.774. The molecule has 0 saturated heterocycles. The summed E-state index contributed by atoms with van der Waals surface area (Å²) in [5.41, 5.74) is 3.34. The average molecular weight is 364 g/mol. The first-order valence-corrected chi connectivity index (χ1v) is 8.45. The van der Waals surface area contributed by atoms with Crippen LogP contribution in [0.3, 0.4) is 0 Å².